The van der Waals surface area contributed by atoms with Crippen molar-refractivity contribution in [1.29, 1.82) is 0 Å². The molecule has 7 nitrogen and oxygen atoms in total. The number of ether oxygens (including phenoxy) is 5. The van der Waals surface area contributed by atoms with E-state index in [4.69, 9.17) is 88.1 Å². The molecule has 0 radical (unpaired) electrons. The third-order valence-corrected chi connectivity index (χ3v) is 19.0. The average molecular weight is 1460 g/mol. The van der Waals surface area contributed by atoms with Gasteiger partial charge in [0.2, 0.25) is 0 Å². The van der Waals surface area contributed by atoms with Gasteiger partial charge < -0.3 is 33.5 Å². The molecule has 0 unspecified atom stereocenters. The number of rotatable bonds is 4. The van der Waals surface area contributed by atoms with Crippen LogP contribution in [-0.4, -0.2) is 26.9 Å². The molecule has 0 N–H and O–H groups in total. The van der Waals surface area contributed by atoms with Gasteiger partial charge in [-0.3, -0.25) is 0 Å². The minimum Gasteiger partial charge on any atom is -0.458 e. The van der Waals surface area contributed by atoms with Crippen molar-refractivity contribution in [2.45, 2.75) is 55.4 Å². The van der Waals surface area contributed by atoms with Gasteiger partial charge in [0.25, 0.3) is 26.9 Å². The highest BCUT2D eigenvalue weighted by atomic mass is 16.5. The second kappa shape index (κ2) is 27.2. The van der Waals surface area contributed by atoms with Crippen LogP contribution in [0.3, 0.4) is 0 Å². The van der Waals surface area contributed by atoms with Crippen LogP contribution in [0, 0.1) is 55.4 Å². The first-order valence-electron chi connectivity index (χ1n) is 59.6. The lowest BCUT2D eigenvalue weighted by Gasteiger charge is -2.44. The zero-order valence-corrected chi connectivity index (χ0v) is 58.2. The molecule has 7 aliphatic heterocycles. The highest BCUT2D eigenvalue weighted by molar-refractivity contribution is 7.01. The van der Waals surface area contributed by atoms with Crippen molar-refractivity contribution < 1.29 is 95.0 Å². The Morgan fingerprint density at radius 2 is 0.661 bits per heavy atom. The Labute approximate surface area is 713 Å². The number of benzene rings is 15. The molecule has 7 aliphatic rings. The second-order valence-electron chi connectivity index (χ2n) is 25.5. The van der Waals surface area contributed by atoms with Crippen molar-refractivity contribution >= 4 is 127 Å². The van der Waals surface area contributed by atoms with Gasteiger partial charge in [-0.05, 0) is 257 Å². The Bertz CT molecular complexity index is 8810. The van der Waals surface area contributed by atoms with Crippen molar-refractivity contribution in [1.82, 2.24) is 0 Å². The fourth-order valence-corrected chi connectivity index (χ4v) is 13.9. The number of hydrogen-bond donors (Lipinski definition) is 0. The Morgan fingerprint density at radius 1 is 0.229 bits per heavy atom. The molecule has 15 aromatic rings. The lowest BCUT2D eigenvalue weighted by atomic mass is 9.33. The monoisotopic (exact) mass is 1460 g/mol. The van der Waals surface area contributed by atoms with Crippen LogP contribution in [0.5, 0.6) is 57.5 Å². The van der Waals surface area contributed by atoms with Gasteiger partial charge in [0.15, 0.2) is 0 Å². The third kappa shape index (κ3) is 11.6. The maximum atomic E-state index is 9.45. The third-order valence-electron chi connectivity index (χ3n) is 19.0. The van der Waals surface area contributed by atoms with Gasteiger partial charge in [0.1, 0.15) is 57.5 Å². The van der Waals surface area contributed by atoms with Crippen LogP contribution in [0.2, 0.25) is 0 Å². The van der Waals surface area contributed by atoms with E-state index in [1.165, 1.54) is 27.7 Å². The maximum absolute atomic E-state index is 9.45. The Hall–Kier alpha value is -12.8. The van der Waals surface area contributed by atoms with Crippen molar-refractivity contribution in [3.63, 3.8) is 0 Å². The van der Waals surface area contributed by atoms with E-state index in [0.29, 0.717) is 27.7 Å². The first-order chi connectivity index (χ1) is 75.1. The Morgan fingerprint density at radius 3 is 1.24 bits per heavy atom. The summed E-state index contributed by atoms with van der Waals surface area (Å²) in [5.41, 5.74) is -2.09. The highest BCUT2D eigenvalue weighted by Gasteiger charge is 2.45. The second-order valence-corrected chi connectivity index (χ2v) is 25.5. The fourth-order valence-electron chi connectivity index (χ4n) is 13.9. The van der Waals surface area contributed by atoms with E-state index in [0.717, 1.165) is 9.80 Å². The van der Waals surface area contributed by atoms with Crippen LogP contribution in [-0.2, 0) is 0 Å². The fraction of sp³-hybridized carbons (Fsp3) is 0.0816. The molecule has 7 heterocycles. The first kappa shape index (κ1) is 31.5. The van der Waals surface area contributed by atoms with Crippen LogP contribution in [0.4, 0.5) is 34.1 Å². The van der Waals surface area contributed by atoms with Crippen molar-refractivity contribution in [2.24, 2.45) is 0 Å². The predicted molar refractivity (Wildman–Crippen MR) is 456 cm³/mol. The van der Waals surface area contributed by atoms with Crippen LogP contribution in [0.1, 0.15) is 116 Å². The zero-order chi connectivity index (χ0) is 119. The molecule has 22 rings (SSSR count). The number of nitrogens with zero attached hydrogens (tertiary/aromatic N) is 2. The number of fused-ring (bicyclic) bond motifs is 14. The maximum Gasteiger partial charge on any atom is 0.260 e. The number of para-hydroxylation sites is 8. The molecule has 0 atom stereocenters. The van der Waals surface area contributed by atoms with Gasteiger partial charge in [-0.1, -0.05) is 223 Å². The first-order valence-corrected chi connectivity index (χ1v) is 33.6. The Balaban J connectivity index is 0.000000136. The smallest absolute Gasteiger partial charge is 0.260 e. The lowest BCUT2D eigenvalue weighted by Crippen LogP contribution is -2.61. The summed E-state index contributed by atoms with van der Waals surface area (Å²) in [5, 5.41) is 0. The molecule has 11 heteroatoms. The van der Waals surface area contributed by atoms with Crippen molar-refractivity contribution in [3.8, 4) is 68.6 Å². The van der Waals surface area contributed by atoms with Crippen LogP contribution in [0.15, 0.2) is 314 Å². The molecule has 0 bridgehead atoms. The summed E-state index contributed by atoms with van der Waals surface area (Å²) in [4.78, 5) is 1.95. The normalized spacial score (nSPS) is 19.7. The topological polar surface area (TPSA) is 52.6 Å². The summed E-state index contributed by atoms with van der Waals surface area (Å²) in [6, 6.07) is -27.9. The summed E-state index contributed by atoms with van der Waals surface area (Å²) < 4.78 is 476. The molecule has 0 fully saturated rings. The summed E-state index contributed by atoms with van der Waals surface area (Å²) in [6.07, 6.45) is 0. The van der Waals surface area contributed by atoms with Crippen LogP contribution >= 0.6 is 0 Å². The quantitative estimate of drug-likeness (QED) is 0.163. The van der Waals surface area contributed by atoms with Gasteiger partial charge >= 0.3 is 0 Å². The van der Waals surface area contributed by atoms with Crippen molar-refractivity contribution in [2.75, 3.05) is 9.80 Å². The van der Waals surface area contributed by atoms with E-state index in [9.17, 15) is 6.85 Å². The SMILES string of the molecule is [2H]c1c([2H])c([2H])c(B2c3c([2H])c([2H])c([2H])c([2H])c3Oc3c([2H])c(C)c([2H])c([2H])c32)c(C)c1[2H].[2H]c1c([2H])c([2H])c(N2c3c([2H])c([2H])c([2H])c([2H])c3B3c4c([2H])c([2H])c([2H])c([2H])c4N(c4c([2H])c([2H])c([2H])c(C)c4[2H])c4c([2H])c(C)c([2H])c2c43)c([2H])c1[2H].[2H]c1c([2H])c([2H])c2c(c1[2H])Oc1c([2H])c(-c3c([2H])c([2H])c(C)c(C)c3[2H])c([2H])c3c1B2c1c([2H])c([2H])c([2H])c([2H])c1O3.[2H]c1c([2H])c([2H])c2c(c1[2H])Oc1c([2H])c(C)c(C)c3c1B2c1c([2H])c([2H])c([2H])c([2H])c1O3. The molecule has 0 saturated carbocycles. The minimum absolute atomic E-state index is 0.00739. The molecule has 0 aromatic heterocycles. The molecule has 15 aromatic carbocycles. The van der Waals surface area contributed by atoms with Gasteiger partial charge in [-0.2, -0.15) is 0 Å². The van der Waals surface area contributed by atoms with Crippen LogP contribution < -0.4 is 99.0 Å². The number of hydrogen-bond acceptors (Lipinski definition) is 7. The molecule has 0 amide bonds. The Kier molecular flexibility index (Phi) is 7.87. The molecular formula is C98H76B4N2O5. The van der Waals surface area contributed by atoms with Crippen molar-refractivity contribution in [3.05, 3.63) is 359 Å². The zero-order valence-electron chi connectivity index (χ0n) is 110. The van der Waals surface area contributed by atoms with E-state index < -0.39 is 303 Å². The van der Waals surface area contributed by atoms with Gasteiger partial charge in [0, 0.05) is 45.0 Å². The number of anilines is 6. The molecule has 109 heavy (non-hydrogen) atoms. The summed E-state index contributed by atoms with van der Waals surface area (Å²) in [5.74, 6) is -1.69. The largest absolute Gasteiger partial charge is 0.458 e. The standard InChI is InChI=1S/C32H25BN2.C26H19BO2.C20H15BO2.C20H17BO/c1-22-11-10-14-25(19-22)35-29-18-9-7-16-27(29)33-26-15-6-8-17-28(26)34(24-12-4-3-5-13-24)30-20-23(2)21-31(35)32(30)33;1-16-11-12-18(13-17(16)2)19-14-24-26-25(15-19)29-23-10-6-4-8-21(23)27(26)20-7-3-5-9-22(20)28-24;1-12-11-18-19-20(13(12)2)23-17-10-6-4-8-15(17)21(19)14-7-3-5-9-16(14)22-18;1-14-11-12-18-20(13-14)22-19-10-6-5-9-17(19)21(18)16-8-4-3-7-15(16)2/h3-21H,1-2H3;3-15H,1-2H3;3-11H,1-2H3;3-13H,1-2H3/i3D,4D,5D,6D,7D,8D,9D,10D,11D,12D,13D,14D,15D,16D,17D,18D,19D,20D,21D;3D,4D,5D,6D,7D,8D,9D,10D,11D,12D,13D,14D,15D;3D,4D,5D,6D,7D,8D,9D,10D,11D;3D,4D,5D,6D,7D,8D,9D,10D,11D,12D,13D. The van der Waals surface area contributed by atoms with Gasteiger partial charge in [-0.15, -0.1) is 0 Å². The van der Waals surface area contributed by atoms with E-state index >= 15 is 0 Å². The average Bonchev–Trinajstić information content (AvgIpc) is 0.667. The van der Waals surface area contributed by atoms with E-state index in [1.807, 2.05) is 0 Å². The molecule has 0 spiro atoms. The predicted octanol–water partition coefficient (Wildman–Crippen LogP) is 17.0. The summed E-state index contributed by atoms with van der Waals surface area (Å²) >= 11 is 0. The highest BCUT2D eigenvalue weighted by Crippen LogP contribution is 2.46. The molecule has 520 valence electrons. The summed E-state index contributed by atoms with van der Waals surface area (Å²) in [6.45, 7) is 6.98. The van der Waals surface area contributed by atoms with E-state index in [1.54, 1.807) is 27.7 Å². The van der Waals surface area contributed by atoms with Gasteiger partial charge in [-0.25, -0.2) is 0 Å². The molecule has 0 aliphatic carbocycles. The van der Waals surface area contributed by atoms with E-state index in [-0.39, 0.29) is 223 Å². The van der Waals surface area contributed by atoms with E-state index in [2.05, 4.69) is 0 Å². The minimum atomic E-state index is -1.62. The molecular weight excluding hydrogens is 1330 g/mol. The molecule has 0 saturated heterocycles. The van der Waals surface area contributed by atoms with Gasteiger partial charge in [0.05, 0.1) is 71.3 Å². The lowest BCUT2D eigenvalue weighted by molar-refractivity contribution is 0.461. The summed E-state index contributed by atoms with van der Waals surface area (Å²) in [7, 11) is 0. The van der Waals surface area contributed by atoms with Crippen LogP contribution in [0.25, 0.3) is 11.1 Å².